The second-order valence-corrected chi connectivity index (χ2v) is 13.8. The second-order valence-electron chi connectivity index (χ2n) is 11.8. The Balaban J connectivity index is 1.19. The number of nitrogens with two attached hydrogens (primary N) is 1. The predicted molar refractivity (Wildman–Crippen MR) is 169 cm³/mol. The first-order valence-electron chi connectivity index (χ1n) is 15.0. The van der Waals surface area contributed by atoms with E-state index in [4.69, 9.17) is 15.2 Å². The van der Waals surface area contributed by atoms with E-state index >= 15 is 0 Å². The van der Waals surface area contributed by atoms with E-state index in [2.05, 4.69) is 10.1 Å². The molecule has 0 radical (unpaired) electrons. The molecule has 0 unspecified atom stereocenters. The molecule has 1 aliphatic heterocycles. The fourth-order valence-electron chi connectivity index (χ4n) is 6.07. The number of hydrogen-bond donors (Lipinski definition) is 1. The van der Waals surface area contributed by atoms with Crippen molar-refractivity contribution in [3.8, 4) is 23.1 Å². The summed E-state index contributed by atoms with van der Waals surface area (Å²) in [5.74, 6) is -2.72. The van der Waals surface area contributed by atoms with Gasteiger partial charge in [0, 0.05) is 31.1 Å². The molecule has 2 aromatic heterocycles. The fraction of sp³-hybridized carbons (Fsp3) is 0.303. The maximum atomic E-state index is 14.0. The zero-order valence-corrected chi connectivity index (χ0v) is 26.7. The van der Waals surface area contributed by atoms with Gasteiger partial charge in [-0.05, 0) is 78.6 Å². The average Bonchev–Trinajstić information content (AvgIpc) is 3.61. The van der Waals surface area contributed by atoms with E-state index in [0.29, 0.717) is 60.3 Å². The topological polar surface area (TPSA) is 130 Å². The number of anilines is 1. The quantitative estimate of drug-likeness (QED) is 0.162. The standard InChI is InChI=1S/C33H31F4N5O5S/c1-18-10-29(47-31-25(34)4-3-5-26(31)35)39-17-27(18)42-32(38)24(16-40-42)30(43)23-13-20-12-22(28(46-33(36)37)15-21(20)14-23)11-19-6-8-41(9-7-19)48(2,44)45/h3-5,10,12,14-17,19,33H,6-9,11,13,38H2,1-2H3. The van der Waals surface area contributed by atoms with Gasteiger partial charge in [-0.3, -0.25) is 4.79 Å². The highest BCUT2D eigenvalue weighted by atomic mass is 32.2. The predicted octanol–water partition coefficient (Wildman–Crippen LogP) is 5.87. The largest absolute Gasteiger partial charge is 0.435 e. The van der Waals surface area contributed by atoms with E-state index in [9.17, 15) is 30.8 Å². The number of allylic oxidation sites excluding steroid dienone is 1. The minimum absolute atomic E-state index is 0.0136. The fourth-order valence-corrected chi connectivity index (χ4v) is 6.95. The first kappa shape index (κ1) is 33.2. The van der Waals surface area contributed by atoms with Gasteiger partial charge < -0.3 is 15.2 Å². The molecule has 2 N–H and O–H groups in total. The molecule has 1 aliphatic carbocycles. The smallest absolute Gasteiger partial charge is 0.387 e. The number of alkyl halides is 2. The van der Waals surface area contributed by atoms with Gasteiger partial charge >= 0.3 is 6.61 Å². The van der Waals surface area contributed by atoms with Gasteiger partial charge in [-0.15, -0.1) is 0 Å². The summed E-state index contributed by atoms with van der Waals surface area (Å²) in [5.41, 5.74) is 9.70. The highest BCUT2D eigenvalue weighted by molar-refractivity contribution is 7.88. The zero-order valence-electron chi connectivity index (χ0n) is 25.9. The third-order valence-electron chi connectivity index (χ3n) is 8.55. The molecule has 3 heterocycles. The van der Waals surface area contributed by atoms with E-state index in [1.165, 1.54) is 45.8 Å². The number of carbonyl (C=O) groups excluding carboxylic acids is 1. The Morgan fingerprint density at radius 2 is 1.81 bits per heavy atom. The van der Waals surface area contributed by atoms with E-state index in [0.717, 1.165) is 17.7 Å². The molecular weight excluding hydrogens is 654 g/mol. The van der Waals surface area contributed by atoms with Crippen LogP contribution in [0.5, 0.6) is 17.4 Å². The summed E-state index contributed by atoms with van der Waals surface area (Å²) < 4.78 is 91.5. The summed E-state index contributed by atoms with van der Waals surface area (Å²) in [6.45, 7) is -0.650. The molecule has 4 aromatic rings. The Morgan fingerprint density at radius 1 is 1.10 bits per heavy atom. The summed E-state index contributed by atoms with van der Waals surface area (Å²) in [7, 11) is -3.30. The molecule has 0 amide bonds. The molecule has 1 fully saturated rings. The van der Waals surface area contributed by atoms with Crippen LogP contribution in [0.4, 0.5) is 23.4 Å². The van der Waals surface area contributed by atoms with Crippen molar-refractivity contribution < 1.29 is 40.2 Å². The molecule has 10 nitrogen and oxygen atoms in total. The summed E-state index contributed by atoms with van der Waals surface area (Å²) >= 11 is 0. The molecule has 0 spiro atoms. The number of pyridine rings is 1. The third-order valence-corrected chi connectivity index (χ3v) is 9.86. The van der Waals surface area contributed by atoms with Gasteiger partial charge in [0.25, 0.3) is 0 Å². The van der Waals surface area contributed by atoms with Gasteiger partial charge in [-0.2, -0.15) is 13.9 Å². The van der Waals surface area contributed by atoms with Gasteiger partial charge in [-0.1, -0.05) is 12.1 Å². The van der Waals surface area contributed by atoms with Crippen LogP contribution in [-0.4, -0.2) is 59.2 Å². The summed E-state index contributed by atoms with van der Waals surface area (Å²) in [6.07, 6.45) is 7.26. The number of hydrogen-bond acceptors (Lipinski definition) is 8. The lowest BCUT2D eigenvalue weighted by Gasteiger charge is -2.30. The summed E-state index contributed by atoms with van der Waals surface area (Å²) in [6, 6.07) is 8.06. The number of rotatable bonds is 10. The highest BCUT2D eigenvalue weighted by Gasteiger charge is 2.29. The molecule has 0 bridgehead atoms. The van der Waals surface area contributed by atoms with Crippen molar-refractivity contribution in [3.63, 3.8) is 0 Å². The molecule has 2 aromatic carbocycles. The summed E-state index contributed by atoms with van der Waals surface area (Å²) in [5, 5.41) is 4.28. The van der Waals surface area contributed by atoms with Crippen LogP contribution in [0.15, 0.2) is 54.4 Å². The molecule has 252 valence electrons. The number of ketones is 1. The first-order valence-corrected chi connectivity index (χ1v) is 16.9. The highest BCUT2D eigenvalue weighted by Crippen LogP contribution is 2.37. The third kappa shape index (κ3) is 6.78. The van der Waals surface area contributed by atoms with Gasteiger partial charge in [0.2, 0.25) is 21.7 Å². The van der Waals surface area contributed by atoms with E-state index < -0.39 is 39.8 Å². The Kier molecular flexibility index (Phi) is 9.00. The number of aryl methyl sites for hydroxylation is 1. The van der Waals surface area contributed by atoms with Crippen LogP contribution < -0.4 is 15.2 Å². The van der Waals surface area contributed by atoms with Crippen molar-refractivity contribution in [1.29, 1.82) is 0 Å². The number of nitrogen functional groups attached to an aromatic ring is 1. The van der Waals surface area contributed by atoms with Crippen molar-refractivity contribution >= 4 is 27.7 Å². The van der Waals surface area contributed by atoms with Crippen molar-refractivity contribution in [2.45, 2.75) is 39.2 Å². The molecule has 48 heavy (non-hydrogen) atoms. The van der Waals surface area contributed by atoms with Crippen molar-refractivity contribution in [2.75, 3.05) is 25.1 Å². The lowest BCUT2D eigenvalue weighted by molar-refractivity contribution is -0.0506. The molecular formula is C33H31F4N5O5S. The van der Waals surface area contributed by atoms with Gasteiger partial charge in [0.05, 0.1) is 29.9 Å². The number of fused-ring (bicyclic) bond motifs is 1. The number of sulfonamides is 1. The van der Waals surface area contributed by atoms with Crippen molar-refractivity contribution in [2.24, 2.45) is 5.92 Å². The normalized spacial score (nSPS) is 15.4. The van der Waals surface area contributed by atoms with E-state index in [-0.39, 0.29) is 35.3 Å². The van der Waals surface area contributed by atoms with Crippen LogP contribution in [0.2, 0.25) is 0 Å². The van der Waals surface area contributed by atoms with E-state index in [1.807, 2.05) is 0 Å². The molecule has 1 saturated heterocycles. The minimum atomic E-state index is -3.30. The lowest BCUT2D eigenvalue weighted by Crippen LogP contribution is -2.38. The Hall–Kier alpha value is -4.76. The Bertz CT molecular complexity index is 2020. The first-order chi connectivity index (χ1) is 22.8. The van der Waals surface area contributed by atoms with Crippen molar-refractivity contribution in [1.82, 2.24) is 19.1 Å². The SMILES string of the molecule is Cc1cc(Oc2c(F)cccc2F)ncc1-n1ncc(C(=O)C2=Cc3cc(OC(F)F)c(CC4CCN(S(C)(=O)=O)CC4)cc3C2)c1N. The number of piperidine rings is 1. The van der Waals surface area contributed by atoms with Crippen molar-refractivity contribution in [3.05, 3.63) is 93.8 Å². The van der Waals surface area contributed by atoms with Gasteiger partial charge in [-0.25, -0.2) is 31.2 Å². The maximum absolute atomic E-state index is 14.0. The number of ether oxygens (including phenoxy) is 2. The zero-order chi connectivity index (χ0) is 34.3. The van der Waals surface area contributed by atoms with Crippen LogP contribution in [0.3, 0.4) is 0 Å². The molecule has 2 aliphatic rings. The van der Waals surface area contributed by atoms with Crippen LogP contribution in [-0.2, 0) is 22.9 Å². The van der Waals surface area contributed by atoms with Gasteiger partial charge in [0.15, 0.2) is 17.4 Å². The molecule has 6 rings (SSSR count). The Morgan fingerprint density at radius 3 is 2.46 bits per heavy atom. The molecule has 15 heteroatoms. The van der Waals surface area contributed by atoms with E-state index in [1.54, 1.807) is 19.1 Å². The number of benzene rings is 2. The van der Waals surface area contributed by atoms with Crippen LogP contribution in [0, 0.1) is 24.5 Å². The number of aromatic nitrogens is 3. The number of halogens is 4. The number of nitrogens with zero attached hydrogens (tertiary/aromatic N) is 4. The number of carbonyl (C=O) groups is 1. The average molecular weight is 686 g/mol. The lowest BCUT2D eigenvalue weighted by atomic mass is 9.89. The van der Waals surface area contributed by atoms with Gasteiger partial charge in [0.1, 0.15) is 11.6 Å². The monoisotopic (exact) mass is 685 g/mol. The number of para-hydroxylation sites is 1. The second kappa shape index (κ2) is 13.0. The molecule has 0 atom stereocenters. The van der Waals surface area contributed by atoms with Crippen LogP contribution in [0.1, 0.15) is 45.5 Å². The maximum Gasteiger partial charge on any atom is 0.387 e. The number of Topliss-reactive ketones (excluding diaryl/α,β-unsaturated/α-hetero) is 1. The van der Waals surface area contributed by atoms with Crippen LogP contribution in [0.25, 0.3) is 11.8 Å². The summed E-state index contributed by atoms with van der Waals surface area (Å²) in [4.78, 5) is 17.8. The van der Waals surface area contributed by atoms with Crippen LogP contribution >= 0.6 is 0 Å². The minimum Gasteiger partial charge on any atom is -0.435 e. The molecule has 0 saturated carbocycles. The Labute approximate surface area is 273 Å².